The Balaban J connectivity index is 2.28. The summed E-state index contributed by atoms with van der Waals surface area (Å²) < 4.78 is 0. The number of nitrogens with one attached hydrogen (secondary N) is 1. The Hall–Kier alpha value is -1.28. The number of benzene rings is 1. The Morgan fingerprint density at radius 3 is 2.26 bits per heavy atom. The SMILES string of the molecule is CC(C)c1ccccc1NC(c1cccs1)C(C)C. The molecule has 1 atom stereocenters. The number of anilines is 1. The van der Waals surface area contributed by atoms with Gasteiger partial charge in [-0.15, -0.1) is 11.3 Å². The molecule has 0 amide bonds. The van der Waals surface area contributed by atoms with Gasteiger partial charge in [-0.05, 0) is 34.9 Å². The normalized spacial score (nSPS) is 12.9. The van der Waals surface area contributed by atoms with Gasteiger partial charge in [0, 0.05) is 10.6 Å². The molecule has 0 aliphatic heterocycles. The van der Waals surface area contributed by atoms with E-state index in [1.807, 2.05) is 11.3 Å². The summed E-state index contributed by atoms with van der Waals surface area (Å²) in [5.41, 5.74) is 2.66. The van der Waals surface area contributed by atoms with E-state index in [4.69, 9.17) is 0 Å². The molecule has 1 aromatic carbocycles. The Labute approximate surface area is 120 Å². The maximum absolute atomic E-state index is 3.74. The molecule has 0 bridgehead atoms. The molecule has 102 valence electrons. The highest BCUT2D eigenvalue weighted by Gasteiger charge is 2.18. The molecule has 0 aliphatic rings. The van der Waals surface area contributed by atoms with Crippen molar-refractivity contribution in [3.8, 4) is 0 Å². The number of thiophene rings is 1. The lowest BCUT2D eigenvalue weighted by Gasteiger charge is -2.25. The van der Waals surface area contributed by atoms with Crippen LogP contribution in [0.5, 0.6) is 0 Å². The van der Waals surface area contributed by atoms with Gasteiger partial charge in [0.2, 0.25) is 0 Å². The first-order chi connectivity index (χ1) is 9.09. The number of rotatable bonds is 5. The second-order valence-electron chi connectivity index (χ2n) is 5.62. The smallest absolute Gasteiger partial charge is 0.0629 e. The highest BCUT2D eigenvalue weighted by molar-refractivity contribution is 7.10. The van der Waals surface area contributed by atoms with Crippen molar-refractivity contribution in [1.82, 2.24) is 0 Å². The van der Waals surface area contributed by atoms with Gasteiger partial charge >= 0.3 is 0 Å². The lowest BCUT2D eigenvalue weighted by Crippen LogP contribution is -2.16. The zero-order valence-electron chi connectivity index (χ0n) is 12.2. The van der Waals surface area contributed by atoms with Crippen molar-refractivity contribution in [2.45, 2.75) is 39.7 Å². The fourth-order valence-corrected chi connectivity index (χ4v) is 3.28. The Bertz CT molecular complexity index is 500. The van der Waals surface area contributed by atoms with Crippen LogP contribution in [0, 0.1) is 5.92 Å². The molecule has 1 heterocycles. The van der Waals surface area contributed by atoms with Crippen molar-refractivity contribution >= 4 is 17.0 Å². The minimum Gasteiger partial charge on any atom is -0.377 e. The molecule has 19 heavy (non-hydrogen) atoms. The van der Waals surface area contributed by atoms with Gasteiger partial charge in [-0.2, -0.15) is 0 Å². The Morgan fingerprint density at radius 1 is 0.947 bits per heavy atom. The van der Waals surface area contributed by atoms with E-state index in [9.17, 15) is 0 Å². The van der Waals surface area contributed by atoms with E-state index < -0.39 is 0 Å². The average Bonchev–Trinajstić information content (AvgIpc) is 2.89. The molecular weight excluding hydrogens is 250 g/mol. The molecule has 1 N–H and O–H groups in total. The van der Waals surface area contributed by atoms with Crippen molar-refractivity contribution in [2.24, 2.45) is 5.92 Å². The van der Waals surface area contributed by atoms with Crippen molar-refractivity contribution < 1.29 is 0 Å². The summed E-state index contributed by atoms with van der Waals surface area (Å²) in [6.07, 6.45) is 0. The van der Waals surface area contributed by atoms with Crippen LogP contribution in [0.1, 0.15) is 50.1 Å². The summed E-state index contributed by atoms with van der Waals surface area (Å²) in [6, 6.07) is 13.4. The van der Waals surface area contributed by atoms with Crippen LogP contribution in [0.15, 0.2) is 41.8 Å². The largest absolute Gasteiger partial charge is 0.377 e. The lowest BCUT2D eigenvalue weighted by atomic mass is 9.98. The molecule has 0 spiro atoms. The third kappa shape index (κ3) is 3.38. The minimum atomic E-state index is 0.389. The molecule has 1 unspecified atom stereocenters. The monoisotopic (exact) mass is 273 g/mol. The van der Waals surface area contributed by atoms with E-state index in [2.05, 4.69) is 74.8 Å². The van der Waals surface area contributed by atoms with Crippen LogP contribution in [-0.2, 0) is 0 Å². The maximum atomic E-state index is 3.74. The fourth-order valence-electron chi connectivity index (χ4n) is 2.33. The Kier molecular flexibility index (Phi) is 4.65. The van der Waals surface area contributed by atoms with Gasteiger partial charge in [-0.1, -0.05) is 52.0 Å². The Morgan fingerprint density at radius 2 is 1.68 bits per heavy atom. The van der Waals surface area contributed by atoms with Crippen LogP contribution in [0.4, 0.5) is 5.69 Å². The minimum absolute atomic E-state index is 0.389. The second-order valence-corrected chi connectivity index (χ2v) is 6.60. The predicted molar refractivity (Wildman–Crippen MR) is 86.1 cm³/mol. The summed E-state index contributed by atoms with van der Waals surface area (Å²) >= 11 is 1.83. The third-order valence-electron chi connectivity index (χ3n) is 3.41. The van der Waals surface area contributed by atoms with Crippen LogP contribution in [0.25, 0.3) is 0 Å². The topological polar surface area (TPSA) is 12.0 Å². The molecule has 1 nitrogen and oxygen atoms in total. The first kappa shape index (κ1) is 14.1. The maximum Gasteiger partial charge on any atom is 0.0629 e. The fraction of sp³-hybridized carbons (Fsp3) is 0.412. The van der Waals surface area contributed by atoms with Gasteiger partial charge in [0.1, 0.15) is 0 Å². The first-order valence-corrected chi connectivity index (χ1v) is 7.86. The molecule has 2 rings (SSSR count). The molecule has 0 aliphatic carbocycles. The van der Waals surface area contributed by atoms with Gasteiger partial charge in [-0.25, -0.2) is 0 Å². The number of hydrogen-bond donors (Lipinski definition) is 1. The van der Waals surface area contributed by atoms with Gasteiger partial charge < -0.3 is 5.32 Å². The average molecular weight is 273 g/mol. The molecule has 2 heteroatoms. The van der Waals surface area contributed by atoms with E-state index in [-0.39, 0.29) is 0 Å². The van der Waals surface area contributed by atoms with Crippen molar-refractivity contribution in [3.63, 3.8) is 0 Å². The van der Waals surface area contributed by atoms with Gasteiger partial charge in [0.15, 0.2) is 0 Å². The van der Waals surface area contributed by atoms with Gasteiger partial charge in [0.25, 0.3) is 0 Å². The standard InChI is InChI=1S/C17H23NS/c1-12(2)14-8-5-6-9-15(14)18-17(13(3)4)16-10-7-11-19-16/h5-13,17-18H,1-4H3. The van der Waals surface area contributed by atoms with Crippen molar-refractivity contribution in [1.29, 1.82) is 0 Å². The van der Waals surface area contributed by atoms with Crippen LogP contribution in [0.2, 0.25) is 0 Å². The summed E-state index contributed by atoms with van der Waals surface area (Å²) in [6.45, 7) is 9.04. The highest BCUT2D eigenvalue weighted by atomic mass is 32.1. The molecule has 2 aromatic rings. The van der Waals surface area contributed by atoms with E-state index >= 15 is 0 Å². The molecule has 0 fully saturated rings. The lowest BCUT2D eigenvalue weighted by molar-refractivity contribution is 0.553. The molecule has 0 radical (unpaired) electrons. The van der Waals surface area contributed by atoms with E-state index in [0.717, 1.165) is 0 Å². The summed E-state index contributed by atoms with van der Waals surface area (Å²) in [5.74, 6) is 1.11. The van der Waals surface area contributed by atoms with Gasteiger partial charge in [-0.3, -0.25) is 0 Å². The van der Waals surface area contributed by atoms with E-state index in [0.29, 0.717) is 17.9 Å². The number of para-hydroxylation sites is 1. The molecule has 0 saturated carbocycles. The van der Waals surface area contributed by atoms with Crippen LogP contribution >= 0.6 is 11.3 Å². The summed E-state index contributed by atoms with van der Waals surface area (Å²) in [4.78, 5) is 1.41. The second kappa shape index (κ2) is 6.25. The third-order valence-corrected chi connectivity index (χ3v) is 4.37. The molecular formula is C17H23NS. The zero-order chi connectivity index (χ0) is 13.8. The predicted octanol–water partition coefficient (Wildman–Crippen LogP) is 5.68. The zero-order valence-corrected chi connectivity index (χ0v) is 13.0. The van der Waals surface area contributed by atoms with Crippen molar-refractivity contribution in [2.75, 3.05) is 5.32 Å². The summed E-state index contributed by atoms with van der Waals surface area (Å²) in [7, 11) is 0. The highest BCUT2D eigenvalue weighted by Crippen LogP contribution is 2.32. The summed E-state index contributed by atoms with van der Waals surface area (Å²) in [5, 5.41) is 5.89. The quantitative estimate of drug-likeness (QED) is 0.739. The molecule has 0 saturated heterocycles. The number of hydrogen-bond acceptors (Lipinski definition) is 2. The molecule has 1 aromatic heterocycles. The van der Waals surface area contributed by atoms with E-state index in [1.54, 1.807) is 0 Å². The van der Waals surface area contributed by atoms with Crippen LogP contribution in [0.3, 0.4) is 0 Å². The van der Waals surface area contributed by atoms with Crippen molar-refractivity contribution in [3.05, 3.63) is 52.2 Å². The van der Waals surface area contributed by atoms with Gasteiger partial charge in [0.05, 0.1) is 6.04 Å². The van der Waals surface area contributed by atoms with Crippen LogP contribution < -0.4 is 5.32 Å². The van der Waals surface area contributed by atoms with E-state index in [1.165, 1.54) is 16.1 Å². The van der Waals surface area contributed by atoms with Crippen LogP contribution in [-0.4, -0.2) is 0 Å². The first-order valence-electron chi connectivity index (χ1n) is 6.98.